The van der Waals surface area contributed by atoms with Crippen LogP contribution in [0, 0.1) is 0 Å². The molecular weight excluding hydrogens is 212 g/mol. The van der Waals surface area contributed by atoms with E-state index in [1.807, 2.05) is 12.1 Å². The van der Waals surface area contributed by atoms with E-state index in [1.165, 1.54) is 5.56 Å². The Morgan fingerprint density at radius 2 is 1.76 bits per heavy atom. The highest BCUT2D eigenvalue weighted by Gasteiger charge is 2.19. The van der Waals surface area contributed by atoms with Gasteiger partial charge < -0.3 is 15.0 Å². The van der Waals surface area contributed by atoms with Gasteiger partial charge in [-0.3, -0.25) is 0 Å². The average molecular weight is 236 g/mol. The molecule has 0 saturated heterocycles. The van der Waals surface area contributed by atoms with Crippen molar-refractivity contribution < 1.29 is 4.74 Å². The van der Waals surface area contributed by atoms with Gasteiger partial charge in [0.15, 0.2) is 0 Å². The Bertz CT molecular complexity index is 331. The van der Waals surface area contributed by atoms with Crippen LogP contribution in [0.5, 0.6) is 5.75 Å². The van der Waals surface area contributed by atoms with E-state index < -0.39 is 0 Å². The van der Waals surface area contributed by atoms with Gasteiger partial charge in [0, 0.05) is 18.6 Å². The smallest absolute Gasteiger partial charge is 0.118 e. The second-order valence-corrected chi connectivity index (χ2v) is 5.16. The van der Waals surface area contributed by atoms with Crippen LogP contribution in [-0.4, -0.2) is 38.2 Å². The Morgan fingerprint density at radius 1 is 1.18 bits per heavy atom. The standard InChI is InChI=1S/C14H24N2O/c1-14(2,16(3)4)11-15-10-12-6-8-13(17-5)9-7-12/h6-9,15H,10-11H2,1-5H3. The van der Waals surface area contributed by atoms with E-state index in [2.05, 4.69) is 50.3 Å². The largest absolute Gasteiger partial charge is 0.497 e. The number of hydrogen-bond acceptors (Lipinski definition) is 3. The molecule has 0 aliphatic rings. The van der Waals surface area contributed by atoms with Gasteiger partial charge in [-0.05, 0) is 45.6 Å². The quantitative estimate of drug-likeness (QED) is 0.819. The summed E-state index contributed by atoms with van der Waals surface area (Å²) in [6, 6.07) is 8.17. The van der Waals surface area contributed by atoms with Gasteiger partial charge >= 0.3 is 0 Å². The van der Waals surface area contributed by atoms with Crippen molar-refractivity contribution in [2.24, 2.45) is 0 Å². The summed E-state index contributed by atoms with van der Waals surface area (Å²) in [5.74, 6) is 0.905. The van der Waals surface area contributed by atoms with Crippen LogP contribution in [0.25, 0.3) is 0 Å². The van der Waals surface area contributed by atoms with Crippen molar-refractivity contribution in [1.29, 1.82) is 0 Å². The number of ether oxygens (including phenoxy) is 1. The lowest BCUT2D eigenvalue weighted by molar-refractivity contribution is 0.190. The van der Waals surface area contributed by atoms with Crippen LogP contribution in [0.2, 0.25) is 0 Å². The lowest BCUT2D eigenvalue weighted by Gasteiger charge is -2.32. The van der Waals surface area contributed by atoms with Gasteiger partial charge in [0.1, 0.15) is 5.75 Å². The molecule has 1 aromatic rings. The number of rotatable bonds is 6. The molecule has 0 aliphatic carbocycles. The molecular formula is C14H24N2O. The number of hydrogen-bond donors (Lipinski definition) is 1. The fraction of sp³-hybridized carbons (Fsp3) is 0.571. The van der Waals surface area contributed by atoms with E-state index in [4.69, 9.17) is 4.74 Å². The van der Waals surface area contributed by atoms with Gasteiger partial charge in [-0.25, -0.2) is 0 Å². The molecule has 1 aromatic carbocycles. The molecule has 0 aromatic heterocycles. The van der Waals surface area contributed by atoms with Gasteiger partial charge in [-0.1, -0.05) is 12.1 Å². The van der Waals surface area contributed by atoms with Gasteiger partial charge in [-0.15, -0.1) is 0 Å². The zero-order valence-electron chi connectivity index (χ0n) is 11.6. The molecule has 3 nitrogen and oxygen atoms in total. The highest BCUT2D eigenvalue weighted by Crippen LogP contribution is 2.12. The molecule has 0 atom stereocenters. The minimum Gasteiger partial charge on any atom is -0.497 e. The topological polar surface area (TPSA) is 24.5 Å². The summed E-state index contributed by atoms with van der Waals surface area (Å²) in [6.45, 7) is 6.31. The first-order valence-electron chi connectivity index (χ1n) is 5.97. The summed E-state index contributed by atoms with van der Waals surface area (Å²) in [5.41, 5.74) is 1.45. The number of benzene rings is 1. The van der Waals surface area contributed by atoms with E-state index >= 15 is 0 Å². The third-order valence-corrected chi connectivity index (χ3v) is 3.26. The highest BCUT2D eigenvalue weighted by atomic mass is 16.5. The lowest BCUT2D eigenvalue weighted by atomic mass is 10.0. The minimum absolute atomic E-state index is 0.173. The molecule has 0 bridgehead atoms. The lowest BCUT2D eigenvalue weighted by Crippen LogP contribution is -2.46. The first-order valence-corrected chi connectivity index (χ1v) is 5.97. The molecule has 0 aliphatic heterocycles. The van der Waals surface area contributed by atoms with E-state index in [1.54, 1.807) is 7.11 Å². The normalized spacial score (nSPS) is 11.9. The van der Waals surface area contributed by atoms with Gasteiger partial charge in [0.25, 0.3) is 0 Å². The predicted octanol–water partition coefficient (Wildman–Crippen LogP) is 2.12. The molecule has 3 heteroatoms. The maximum atomic E-state index is 5.13. The van der Waals surface area contributed by atoms with Crippen molar-refractivity contribution in [2.45, 2.75) is 25.9 Å². The van der Waals surface area contributed by atoms with Crippen molar-refractivity contribution in [3.8, 4) is 5.75 Å². The molecule has 0 radical (unpaired) electrons. The van der Waals surface area contributed by atoms with Crippen molar-refractivity contribution in [2.75, 3.05) is 27.7 Å². The summed E-state index contributed by atoms with van der Waals surface area (Å²) >= 11 is 0. The summed E-state index contributed by atoms with van der Waals surface area (Å²) in [6.07, 6.45) is 0. The number of likely N-dealkylation sites (N-methyl/N-ethyl adjacent to an activating group) is 1. The van der Waals surface area contributed by atoms with Crippen LogP contribution in [0.15, 0.2) is 24.3 Å². The van der Waals surface area contributed by atoms with Crippen LogP contribution in [0.3, 0.4) is 0 Å². The maximum absolute atomic E-state index is 5.13. The van der Waals surface area contributed by atoms with Crippen LogP contribution in [-0.2, 0) is 6.54 Å². The Morgan fingerprint density at radius 3 is 2.24 bits per heavy atom. The van der Waals surface area contributed by atoms with E-state index in [0.717, 1.165) is 18.8 Å². The summed E-state index contributed by atoms with van der Waals surface area (Å²) in [7, 11) is 5.90. The van der Waals surface area contributed by atoms with Crippen molar-refractivity contribution in [1.82, 2.24) is 10.2 Å². The van der Waals surface area contributed by atoms with Crippen molar-refractivity contribution >= 4 is 0 Å². The predicted molar refractivity (Wildman–Crippen MR) is 72.5 cm³/mol. The first kappa shape index (κ1) is 14.0. The van der Waals surface area contributed by atoms with Gasteiger partial charge in [0.2, 0.25) is 0 Å². The van der Waals surface area contributed by atoms with Crippen LogP contribution in [0.1, 0.15) is 19.4 Å². The summed E-state index contributed by atoms with van der Waals surface area (Å²) in [5, 5.41) is 3.48. The van der Waals surface area contributed by atoms with Crippen molar-refractivity contribution in [3.63, 3.8) is 0 Å². The minimum atomic E-state index is 0.173. The molecule has 0 spiro atoms. The number of nitrogens with zero attached hydrogens (tertiary/aromatic N) is 1. The Balaban J connectivity index is 2.40. The van der Waals surface area contributed by atoms with Crippen LogP contribution < -0.4 is 10.1 Å². The zero-order valence-corrected chi connectivity index (χ0v) is 11.6. The van der Waals surface area contributed by atoms with E-state index in [0.29, 0.717) is 0 Å². The number of methoxy groups -OCH3 is 1. The summed E-state index contributed by atoms with van der Waals surface area (Å²) < 4.78 is 5.13. The molecule has 96 valence electrons. The fourth-order valence-electron chi connectivity index (χ4n) is 1.41. The molecule has 17 heavy (non-hydrogen) atoms. The Kier molecular flexibility index (Phi) is 4.97. The first-order chi connectivity index (χ1) is 7.95. The molecule has 1 rings (SSSR count). The molecule has 0 fully saturated rings. The summed E-state index contributed by atoms with van der Waals surface area (Å²) in [4.78, 5) is 2.23. The van der Waals surface area contributed by atoms with Gasteiger partial charge in [0.05, 0.1) is 7.11 Å². The molecule has 0 saturated carbocycles. The maximum Gasteiger partial charge on any atom is 0.118 e. The molecule has 0 amide bonds. The second-order valence-electron chi connectivity index (χ2n) is 5.16. The molecule has 0 unspecified atom stereocenters. The zero-order chi connectivity index (χ0) is 12.9. The number of nitrogens with one attached hydrogen (secondary N) is 1. The van der Waals surface area contributed by atoms with Crippen LogP contribution in [0.4, 0.5) is 0 Å². The van der Waals surface area contributed by atoms with E-state index in [-0.39, 0.29) is 5.54 Å². The fourth-order valence-corrected chi connectivity index (χ4v) is 1.41. The highest BCUT2D eigenvalue weighted by molar-refractivity contribution is 5.26. The van der Waals surface area contributed by atoms with Crippen molar-refractivity contribution in [3.05, 3.63) is 29.8 Å². The van der Waals surface area contributed by atoms with Gasteiger partial charge in [-0.2, -0.15) is 0 Å². The van der Waals surface area contributed by atoms with E-state index in [9.17, 15) is 0 Å². The van der Waals surface area contributed by atoms with Crippen LogP contribution >= 0.6 is 0 Å². The monoisotopic (exact) mass is 236 g/mol. The molecule has 0 heterocycles. The Labute approximate surface area is 105 Å². The third kappa shape index (κ3) is 4.36. The third-order valence-electron chi connectivity index (χ3n) is 3.26. The SMILES string of the molecule is COc1ccc(CNCC(C)(C)N(C)C)cc1. The average Bonchev–Trinajstić information content (AvgIpc) is 2.29. The second kappa shape index (κ2) is 6.03. The molecule has 1 N–H and O–H groups in total. The Hall–Kier alpha value is -1.06.